The highest BCUT2D eigenvalue weighted by Crippen LogP contribution is 2.08. The van der Waals surface area contributed by atoms with Gasteiger partial charge in [0.1, 0.15) is 5.82 Å². The average molecular weight is 363 g/mol. The molecule has 136 valence electrons. The molecule has 0 unspecified atom stereocenters. The van der Waals surface area contributed by atoms with Crippen LogP contribution in [0.4, 0.5) is 4.39 Å². The summed E-state index contributed by atoms with van der Waals surface area (Å²) in [5, 5.41) is 5.46. The Morgan fingerprint density at radius 2 is 1.44 bits per heavy atom. The summed E-state index contributed by atoms with van der Waals surface area (Å²) in [6.07, 6.45) is 3.35. The van der Waals surface area contributed by atoms with E-state index >= 15 is 0 Å². The Morgan fingerprint density at radius 1 is 0.815 bits per heavy atom. The van der Waals surface area contributed by atoms with Gasteiger partial charge in [0, 0.05) is 42.2 Å². The smallest absolute Gasteiger partial charge is 0.251 e. The highest BCUT2D eigenvalue weighted by Gasteiger charge is 2.10. The van der Waals surface area contributed by atoms with Gasteiger partial charge in [0.15, 0.2) is 0 Å². The van der Waals surface area contributed by atoms with Crippen LogP contribution in [0.5, 0.6) is 0 Å². The zero-order chi connectivity index (χ0) is 19.1. The summed E-state index contributed by atoms with van der Waals surface area (Å²) >= 11 is 0. The number of amides is 2. The molecule has 5 nitrogen and oxygen atoms in total. The molecule has 0 aliphatic heterocycles. The molecule has 2 aromatic carbocycles. The van der Waals surface area contributed by atoms with Gasteiger partial charge in [-0.05, 0) is 42.0 Å². The van der Waals surface area contributed by atoms with Crippen molar-refractivity contribution in [1.82, 2.24) is 15.6 Å². The van der Waals surface area contributed by atoms with E-state index in [1.54, 1.807) is 60.9 Å². The molecule has 0 spiro atoms. The first-order chi connectivity index (χ1) is 13.1. The highest BCUT2D eigenvalue weighted by atomic mass is 19.1. The fourth-order valence-corrected chi connectivity index (χ4v) is 2.48. The summed E-state index contributed by atoms with van der Waals surface area (Å²) < 4.78 is 13.6. The monoisotopic (exact) mass is 363 g/mol. The van der Waals surface area contributed by atoms with Crippen molar-refractivity contribution in [3.05, 3.63) is 101 Å². The van der Waals surface area contributed by atoms with E-state index in [0.29, 0.717) is 23.2 Å². The van der Waals surface area contributed by atoms with Crippen molar-refractivity contribution < 1.29 is 14.0 Å². The minimum atomic E-state index is -0.363. The molecule has 3 aromatic rings. The lowest BCUT2D eigenvalue weighted by Gasteiger charge is -2.08. The normalized spacial score (nSPS) is 10.3. The first-order valence-corrected chi connectivity index (χ1v) is 8.42. The highest BCUT2D eigenvalue weighted by molar-refractivity contribution is 5.97. The van der Waals surface area contributed by atoms with Gasteiger partial charge in [0.25, 0.3) is 11.8 Å². The molecule has 0 bridgehead atoms. The van der Waals surface area contributed by atoms with E-state index in [1.807, 2.05) is 6.07 Å². The van der Waals surface area contributed by atoms with Crippen LogP contribution < -0.4 is 10.6 Å². The number of nitrogens with one attached hydrogen (secondary N) is 2. The van der Waals surface area contributed by atoms with Crippen LogP contribution in [-0.2, 0) is 13.1 Å². The molecule has 27 heavy (non-hydrogen) atoms. The van der Waals surface area contributed by atoms with Gasteiger partial charge in [-0.25, -0.2) is 4.39 Å². The fraction of sp³-hybridized carbons (Fsp3) is 0.0952. The third kappa shape index (κ3) is 4.98. The van der Waals surface area contributed by atoms with Gasteiger partial charge in [-0.2, -0.15) is 0 Å². The van der Waals surface area contributed by atoms with Crippen LogP contribution in [0.15, 0.2) is 73.1 Å². The van der Waals surface area contributed by atoms with Gasteiger partial charge in [0.05, 0.1) is 0 Å². The largest absolute Gasteiger partial charge is 0.348 e. The number of benzene rings is 2. The molecular formula is C21H18FN3O2. The minimum absolute atomic E-state index is 0.0961. The van der Waals surface area contributed by atoms with Gasteiger partial charge < -0.3 is 10.6 Å². The van der Waals surface area contributed by atoms with E-state index in [2.05, 4.69) is 15.6 Å². The van der Waals surface area contributed by atoms with Crippen LogP contribution in [0.1, 0.15) is 31.8 Å². The van der Waals surface area contributed by atoms with E-state index in [1.165, 1.54) is 6.07 Å². The second kappa shape index (κ2) is 8.71. The molecule has 0 radical (unpaired) electrons. The molecule has 6 heteroatoms. The number of halogens is 1. The van der Waals surface area contributed by atoms with Gasteiger partial charge in [-0.3, -0.25) is 14.6 Å². The maximum Gasteiger partial charge on any atom is 0.251 e. The molecule has 1 aromatic heterocycles. The predicted molar refractivity (Wildman–Crippen MR) is 99.4 cm³/mol. The third-order valence-electron chi connectivity index (χ3n) is 3.98. The third-order valence-corrected chi connectivity index (χ3v) is 3.98. The lowest BCUT2D eigenvalue weighted by Crippen LogP contribution is -2.24. The summed E-state index contributed by atoms with van der Waals surface area (Å²) in [4.78, 5) is 28.3. The SMILES string of the molecule is O=C(NCc1cccnc1)c1ccc(C(=O)NCc2ccccc2F)cc1. The first kappa shape index (κ1) is 18.3. The van der Waals surface area contributed by atoms with Crippen LogP contribution in [-0.4, -0.2) is 16.8 Å². The predicted octanol–water partition coefficient (Wildman–Crippen LogP) is 3.08. The maximum absolute atomic E-state index is 13.6. The molecule has 0 saturated heterocycles. The summed E-state index contributed by atoms with van der Waals surface area (Å²) in [7, 11) is 0. The molecule has 0 fully saturated rings. The number of hydrogen-bond donors (Lipinski definition) is 2. The Hall–Kier alpha value is -3.54. The van der Waals surface area contributed by atoms with Gasteiger partial charge in [-0.1, -0.05) is 24.3 Å². The Labute approximate surface area is 156 Å². The topological polar surface area (TPSA) is 71.1 Å². The number of nitrogens with zero attached hydrogens (tertiary/aromatic N) is 1. The number of carbonyl (C=O) groups excluding carboxylic acids is 2. The van der Waals surface area contributed by atoms with E-state index < -0.39 is 0 Å². The molecule has 1 heterocycles. The van der Waals surface area contributed by atoms with E-state index in [-0.39, 0.29) is 24.2 Å². The fourth-order valence-electron chi connectivity index (χ4n) is 2.48. The Balaban J connectivity index is 1.55. The first-order valence-electron chi connectivity index (χ1n) is 8.42. The average Bonchev–Trinajstić information content (AvgIpc) is 2.72. The Morgan fingerprint density at radius 3 is 2.04 bits per heavy atom. The molecule has 3 rings (SSSR count). The molecule has 2 amide bonds. The summed E-state index contributed by atoms with van der Waals surface area (Å²) in [5.41, 5.74) is 2.16. The molecule has 0 saturated carbocycles. The number of aromatic nitrogens is 1. The lowest BCUT2D eigenvalue weighted by molar-refractivity contribution is 0.0939. The van der Waals surface area contributed by atoms with Gasteiger partial charge in [0.2, 0.25) is 0 Å². The number of rotatable bonds is 6. The Bertz CT molecular complexity index is 928. The van der Waals surface area contributed by atoms with Gasteiger partial charge in [-0.15, -0.1) is 0 Å². The van der Waals surface area contributed by atoms with Crippen molar-refractivity contribution in [2.45, 2.75) is 13.1 Å². The van der Waals surface area contributed by atoms with Gasteiger partial charge >= 0.3 is 0 Å². The van der Waals surface area contributed by atoms with E-state index in [4.69, 9.17) is 0 Å². The molecule has 2 N–H and O–H groups in total. The summed E-state index contributed by atoms with van der Waals surface area (Å²) in [6.45, 7) is 0.469. The van der Waals surface area contributed by atoms with Crippen molar-refractivity contribution in [2.75, 3.05) is 0 Å². The van der Waals surface area contributed by atoms with Crippen LogP contribution >= 0.6 is 0 Å². The number of carbonyl (C=O) groups is 2. The second-order valence-electron chi connectivity index (χ2n) is 5.90. The lowest BCUT2D eigenvalue weighted by atomic mass is 10.1. The van der Waals surface area contributed by atoms with E-state index in [0.717, 1.165) is 5.56 Å². The zero-order valence-electron chi connectivity index (χ0n) is 14.5. The molecule has 0 aliphatic carbocycles. The van der Waals surface area contributed by atoms with Crippen LogP contribution in [0.25, 0.3) is 0 Å². The maximum atomic E-state index is 13.6. The quantitative estimate of drug-likeness (QED) is 0.707. The van der Waals surface area contributed by atoms with Crippen LogP contribution in [0.3, 0.4) is 0 Å². The molecule has 0 aliphatic rings. The van der Waals surface area contributed by atoms with Crippen LogP contribution in [0, 0.1) is 5.82 Å². The van der Waals surface area contributed by atoms with Crippen molar-refractivity contribution >= 4 is 11.8 Å². The van der Waals surface area contributed by atoms with Crippen LogP contribution in [0.2, 0.25) is 0 Å². The van der Waals surface area contributed by atoms with Crippen molar-refractivity contribution in [2.24, 2.45) is 0 Å². The summed E-state index contributed by atoms with van der Waals surface area (Å²) in [5.74, 6) is -0.934. The Kier molecular flexibility index (Phi) is 5.89. The minimum Gasteiger partial charge on any atom is -0.348 e. The molecule has 0 atom stereocenters. The number of pyridine rings is 1. The standard InChI is InChI=1S/C21H18FN3O2/c22-19-6-2-1-5-18(19)14-25-21(27)17-9-7-16(8-10-17)20(26)24-13-15-4-3-11-23-12-15/h1-12H,13-14H2,(H,24,26)(H,25,27). The van der Waals surface area contributed by atoms with Crippen molar-refractivity contribution in [1.29, 1.82) is 0 Å². The molecular weight excluding hydrogens is 345 g/mol. The summed E-state index contributed by atoms with van der Waals surface area (Å²) in [6, 6.07) is 16.2. The van der Waals surface area contributed by atoms with E-state index in [9.17, 15) is 14.0 Å². The number of hydrogen-bond acceptors (Lipinski definition) is 3. The van der Waals surface area contributed by atoms with Crippen molar-refractivity contribution in [3.8, 4) is 0 Å². The zero-order valence-corrected chi connectivity index (χ0v) is 14.5. The second-order valence-corrected chi connectivity index (χ2v) is 5.90. The van der Waals surface area contributed by atoms with Crippen molar-refractivity contribution in [3.63, 3.8) is 0 Å².